The molecule has 1 atom stereocenters. The van der Waals surface area contributed by atoms with Gasteiger partial charge < -0.3 is 14.4 Å². The monoisotopic (exact) mass is 352 g/mol. The quantitative estimate of drug-likeness (QED) is 0.814. The van der Waals surface area contributed by atoms with E-state index in [0.29, 0.717) is 6.61 Å². The largest absolute Gasteiger partial charge is 0.372 e. The topological polar surface area (TPSA) is 42.0 Å². The molecule has 0 radical (unpaired) electrons. The molecule has 6 heteroatoms. The average Bonchev–Trinajstić information content (AvgIpc) is 2.51. The predicted octanol–water partition coefficient (Wildman–Crippen LogP) is 2.18. The van der Waals surface area contributed by atoms with Gasteiger partial charge in [0.25, 0.3) is 0 Å². The summed E-state index contributed by atoms with van der Waals surface area (Å²) in [6.07, 6.45) is 1.83. The molecule has 0 saturated carbocycles. The Morgan fingerprint density at radius 1 is 1.46 bits per heavy atom. The Bertz CT molecular complexity index is 587. The number of nitrogens with zero attached hydrogens (tertiary/aromatic N) is 2. The zero-order chi connectivity index (χ0) is 17.2. The molecule has 0 aliphatic carbocycles. The van der Waals surface area contributed by atoms with E-state index in [1.54, 1.807) is 19.0 Å². The number of carbonyl (C=O) groups is 1. The number of likely N-dealkylation sites (N-methyl/N-ethyl adjacent to an activating group) is 1. The molecule has 1 unspecified atom stereocenters. The van der Waals surface area contributed by atoms with E-state index >= 15 is 0 Å². The standard InChI is InChI=1S/C18H25ClN2O3/c1-20(2)17(22)11-23-16-6-7-24-18(9-16)12-21(13-18)10-14-4-3-5-15(19)8-14/h3-5,8,16H,6-7,9-13H2,1-2H3. The van der Waals surface area contributed by atoms with Gasteiger partial charge in [0.2, 0.25) is 5.91 Å². The van der Waals surface area contributed by atoms with Crippen LogP contribution in [0.15, 0.2) is 24.3 Å². The molecule has 2 aliphatic heterocycles. The van der Waals surface area contributed by atoms with E-state index in [2.05, 4.69) is 11.0 Å². The maximum absolute atomic E-state index is 11.7. The minimum Gasteiger partial charge on any atom is -0.372 e. The zero-order valence-corrected chi connectivity index (χ0v) is 15.1. The fourth-order valence-electron chi connectivity index (χ4n) is 3.44. The summed E-state index contributed by atoms with van der Waals surface area (Å²) in [5, 5.41) is 0.774. The second kappa shape index (κ2) is 7.40. The number of benzene rings is 1. The fraction of sp³-hybridized carbons (Fsp3) is 0.611. The summed E-state index contributed by atoms with van der Waals surface area (Å²) in [6, 6.07) is 7.98. The van der Waals surface area contributed by atoms with Crippen LogP contribution in [0.2, 0.25) is 5.02 Å². The number of likely N-dealkylation sites (tertiary alicyclic amines) is 1. The van der Waals surface area contributed by atoms with E-state index < -0.39 is 0 Å². The second-order valence-electron chi connectivity index (χ2n) is 7.02. The molecule has 2 aliphatic rings. The summed E-state index contributed by atoms with van der Waals surface area (Å²) >= 11 is 6.04. The molecule has 1 aromatic carbocycles. The number of amides is 1. The molecule has 5 nitrogen and oxygen atoms in total. The molecule has 0 bridgehead atoms. The van der Waals surface area contributed by atoms with Gasteiger partial charge in [-0.2, -0.15) is 0 Å². The van der Waals surface area contributed by atoms with Gasteiger partial charge in [0.05, 0.1) is 11.7 Å². The number of ether oxygens (including phenoxy) is 2. The summed E-state index contributed by atoms with van der Waals surface area (Å²) < 4.78 is 11.8. The van der Waals surface area contributed by atoms with Gasteiger partial charge >= 0.3 is 0 Å². The van der Waals surface area contributed by atoms with Crippen LogP contribution in [0.4, 0.5) is 0 Å². The van der Waals surface area contributed by atoms with Gasteiger partial charge in [-0.05, 0) is 24.1 Å². The van der Waals surface area contributed by atoms with Crippen molar-refractivity contribution in [1.29, 1.82) is 0 Å². The van der Waals surface area contributed by atoms with Gasteiger partial charge in [-0.3, -0.25) is 9.69 Å². The zero-order valence-electron chi connectivity index (χ0n) is 14.3. The third-order valence-electron chi connectivity index (χ3n) is 4.71. The SMILES string of the molecule is CN(C)C(=O)COC1CCOC2(C1)CN(Cc1cccc(Cl)c1)C2. The van der Waals surface area contributed by atoms with Crippen molar-refractivity contribution in [1.82, 2.24) is 9.80 Å². The van der Waals surface area contributed by atoms with Crippen molar-refractivity contribution in [2.75, 3.05) is 40.4 Å². The Kier molecular flexibility index (Phi) is 5.45. The Balaban J connectivity index is 1.47. The first-order chi connectivity index (χ1) is 11.5. The first kappa shape index (κ1) is 17.7. The van der Waals surface area contributed by atoms with Crippen LogP contribution in [0.3, 0.4) is 0 Å². The van der Waals surface area contributed by atoms with Crippen molar-refractivity contribution in [2.45, 2.75) is 31.1 Å². The second-order valence-corrected chi connectivity index (χ2v) is 7.46. The van der Waals surface area contributed by atoms with Gasteiger partial charge in [-0.15, -0.1) is 0 Å². The summed E-state index contributed by atoms with van der Waals surface area (Å²) in [4.78, 5) is 15.6. The maximum atomic E-state index is 11.7. The van der Waals surface area contributed by atoms with Crippen molar-refractivity contribution in [3.8, 4) is 0 Å². The Morgan fingerprint density at radius 2 is 2.25 bits per heavy atom. The highest BCUT2D eigenvalue weighted by Crippen LogP contribution is 2.36. The van der Waals surface area contributed by atoms with E-state index in [1.807, 2.05) is 18.2 Å². The van der Waals surface area contributed by atoms with Gasteiger partial charge in [-0.1, -0.05) is 23.7 Å². The predicted molar refractivity (Wildman–Crippen MR) is 93.1 cm³/mol. The lowest BCUT2D eigenvalue weighted by atomic mass is 9.84. The molecule has 132 valence electrons. The molecule has 1 aromatic rings. The molecule has 2 fully saturated rings. The number of rotatable bonds is 5. The van der Waals surface area contributed by atoms with Crippen LogP contribution in [-0.2, 0) is 20.8 Å². The van der Waals surface area contributed by atoms with Crippen LogP contribution in [0.25, 0.3) is 0 Å². The first-order valence-corrected chi connectivity index (χ1v) is 8.76. The van der Waals surface area contributed by atoms with Crippen LogP contribution in [0.5, 0.6) is 0 Å². The Morgan fingerprint density at radius 3 is 2.96 bits per heavy atom. The van der Waals surface area contributed by atoms with Crippen molar-refractivity contribution in [2.24, 2.45) is 0 Å². The molecule has 3 rings (SSSR count). The van der Waals surface area contributed by atoms with Crippen LogP contribution < -0.4 is 0 Å². The highest BCUT2D eigenvalue weighted by molar-refractivity contribution is 6.30. The summed E-state index contributed by atoms with van der Waals surface area (Å²) in [5.41, 5.74) is 1.11. The number of hydrogen-bond acceptors (Lipinski definition) is 4. The van der Waals surface area contributed by atoms with Crippen molar-refractivity contribution in [3.63, 3.8) is 0 Å². The highest BCUT2D eigenvalue weighted by Gasteiger charge is 2.47. The summed E-state index contributed by atoms with van der Waals surface area (Å²) in [5.74, 6) is 0.00624. The molecular formula is C18H25ClN2O3. The van der Waals surface area contributed by atoms with Gasteiger partial charge in [0.1, 0.15) is 6.61 Å². The van der Waals surface area contributed by atoms with E-state index in [1.165, 1.54) is 5.56 Å². The lowest BCUT2D eigenvalue weighted by Crippen LogP contribution is -2.65. The molecule has 0 N–H and O–H groups in total. The smallest absolute Gasteiger partial charge is 0.248 e. The molecule has 1 spiro atoms. The highest BCUT2D eigenvalue weighted by atomic mass is 35.5. The van der Waals surface area contributed by atoms with Crippen LogP contribution >= 0.6 is 11.6 Å². The normalized spacial score (nSPS) is 23.0. The lowest BCUT2D eigenvalue weighted by Gasteiger charge is -2.53. The summed E-state index contributed by atoms with van der Waals surface area (Å²) in [7, 11) is 3.49. The van der Waals surface area contributed by atoms with Crippen molar-refractivity contribution < 1.29 is 14.3 Å². The third-order valence-corrected chi connectivity index (χ3v) is 4.94. The molecule has 1 amide bonds. The molecule has 2 saturated heterocycles. The third kappa shape index (κ3) is 4.28. The van der Waals surface area contributed by atoms with E-state index in [0.717, 1.165) is 37.5 Å². The average molecular weight is 353 g/mol. The van der Waals surface area contributed by atoms with E-state index in [9.17, 15) is 4.79 Å². The maximum Gasteiger partial charge on any atom is 0.248 e. The van der Waals surface area contributed by atoms with E-state index in [-0.39, 0.29) is 24.2 Å². The van der Waals surface area contributed by atoms with Crippen molar-refractivity contribution in [3.05, 3.63) is 34.9 Å². The molecule has 0 aromatic heterocycles. The minimum absolute atomic E-state index is 0.00624. The van der Waals surface area contributed by atoms with Gasteiger partial charge in [0.15, 0.2) is 0 Å². The van der Waals surface area contributed by atoms with Gasteiger partial charge in [-0.25, -0.2) is 0 Å². The molecule has 2 heterocycles. The number of halogens is 1. The number of hydrogen-bond donors (Lipinski definition) is 0. The Hall–Kier alpha value is -1.14. The first-order valence-electron chi connectivity index (χ1n) is 8.38. The Labute approximate surface area is 148 Å². The minimum atomic E-state index is -0.108. The molecular weight excluding hydrogens is 328 g/mol. The fourth-order valence-corrected chi connectivity index (χ4v) is 3.65. The van der Waals surface area contributed by atoms with Crippen LogP contribution in [-0.4, -0.2) is 67.8 Å². The number of carbonyl (C=O) groups excluding carboxylic acids is 1. The summed E-state index contributed by atoms with van der Waals surface area (Å²) in [6.45, 7) is 3.55. The van der Waals surface area contributed by atoms with Crippen LogP contribution in [0.1, 0.15) is 18.4 Å². The lowest BCUT2D eigenvalue weighted by molar-refractivity contribution is -0.200. The molecule has 24 heavy (non-hydrogen) atoms. The van der Waals surface area contributed by atoms with Crippen LogP contribution in [0, 0.1) is 0 Å². The van der Waals surface area contributed by atoms with Crippen molar-refractivity contribution >= 4 is 17.5 Å². The van der Waals surface area contributed by atoms with Gasteiger partial charge in [0, 0.05) is 51.8 Å². The van der Waals surface area contributed by atoms with E-state index in [4.69, 9.17) is 21.1 Å².